The Hall–Kier alpha value is -2.90. The molecule has 0 spiro atoms. The highest BCUT2D eigenvalue weighted by Crippen LogP contribution is 2.38. The molecule has 0 saturated heterocycles. The lowest BCUT2D eigenvalue weighted by Crippen LogP contribution is -2.05. The van der Waals surface area contributed by atoms with Gasteiger partial charge in [-0.25, -0.2) is 4.98 Å². The summed E-state index contributed by atoms with van der Waals surface area (Å²) in [5.74, 6) is 0. The molecule has 3 aromatic carbocycles. The number of alkyl halides is 3. The van der Waals surface area contributed by atoms with Gasteiger partial charge in [0.15, 0.2) is 5.16 Å². The maximum atomic E-state index is 12.9. The largest absolute Gasteiger partial charge is 0.416 e. The van der Waals surface area contributed by atoms with E-state index in [1.807, 2.05) is 60.7 Å². The van der Waals surface area contributed by atoms with Crippen molar-refractivity contribution in [2.24, 2.45) is 0 Å². The predicted molar refractivity (Wildman–Crippen MR) is 117 cm³/mol. The van der Waals surface area contributed by atoms with Crippen LogP contribution in [0.2, 0.25) is 0 Å². The number of hydrogen-bond acceptors (Lipinski definition) is 3. The Labute approximate surface area is 182 Å². The summed E-state index contributed by atoms with van der Waals surface area (Å²) >= 11 is 1.20. The van der Waals surface area contributed by atoms with Gasteiger partial charge in [0, 0.05) is 21.7 Å². The van der Waals surface area contributed by atoms with Crippen LogP contribution >= 0.6 is 24.2 Å². The van der Waals surface area contributed by atoms with Gasteiger partial charge in [-0.3, -0.25) is 0 Å². The summed E-state index contributed by atoms with van der Waals surface area (Å²) in [6.07, 6.45) is -4.43. The first-order valence-corrected chi connectivity index (χ1v) is 9.59. The average molecular weight is 448 g/mol. The van der Waals surface area contributed by atoms with E-state index in [1.54, 1.807) is 0 Å². The molecule has 8 heteroatoms. The summed E-state index contributed by atoms with van der Waals surface area (Å²) in [5, 5.41) is 0.550. The zero-order valence-electron chi connectivity index (χ0n) is 15.5. The molecule has 0 atom stereocenters. The number of H-pyrrole nitrogens is 1. The van der Waals surface area contributed by atoms with Gasteiger partial charge in [0.1, 0.15) is 0 Å². The zero-order chi connectivity index (χ0) is 20.4. The lowest BCUT2D eigenvalue weighted by molar-refractivity contribution is -0.137. The van der Waals surface area contributed by atoms with Crippen molar-refractivity contribution in [2.45, 2.75) is 16.2 Å². The Bertz CT molecular complexity index is 1070. The molecule has 3 nitrogen and oxygen atoms in total. The molecule has 4 rings (SSSR count). The fourth-order valence-electron chi connectivity index (χ4n) is 2.94. The summed E-state index contributed by atoms with van der Waals surface area (Å²) in [5.41, 5.74) is 8.67. The van der Waals surface area contributed by atoms with Crippen molar-refractivity contribution < 1.29 is 13.2 Å². The van der Waals surface area contributed by atoms with Crippen LogP contribution in [-0.2, 0) is 6.18 Å². The highest BCUT2D eigenvalue weighted by Gasteiger charge is 2.31. The molecular formula is C22H17ClF3N3S. The molecule has 4 aromatic rings. The van der Waals surface area contributed by atoms with E-state index in [0.717, 1.165) is 34.6 Å². The number of nitrogen functional groups attached to an aromatic ring is 1. The number of aromatic amines is 1. The van der Waals surface area contributed by atoms with E-state index < -0.39 is 11.7 Å². The molecule has 0 aliphatic carbocycles. The second-order valence-electron chi connectivity index (χ2n) is 6.35. The number of nitrogens with two attached hydrogens (primary N) is 1. The monoisotopic (exact) mass is 447 g/mol. The van der Waals surface area contributed by atoms with E-state index in [4.69, 9.17) is 10.7 Å². The van der Waals surface area contributed by atoms with Crippen molar-refractivity contribution in [3.63, 3.8) is 0 Å². The van der Waals surface area contributed by atoms with Crippen LogP contribution in [0.15, 0.2) is 88.9 Å². The SMILES string of the molecule is Cl.Nc1cc(C(F)(F)F)ccc1Sc1nc(-c2ccccc2)c(-c2ccccc2)[nH]1. The first-order chi connectivity index (χ1) is 13.9. The third-order valence-electron chi connectivity index (χ3n) is 4.34. The molecule has 30 heavy (non-hydrogen) atoms. The summed E-state index contributed by atoms with van der Waals surface area (Å²) < 4.78 is 38.6. The molecule has 1 aromatic heterocycles. The number of halogens is 4. The summed E-state index contributed by atoms with van der Waals surface area (Å²) in [6.45, 7) is 0. The van der Waals surface area contributed by atoms with Crippen LogP contribution in [0, 0.1) is 0 Å². The number of nitrogens with zero attached hydrogens (tertiary/aromatic N) is 1. The smallest absolute Gasteiger partial charge is 0.398 e. The number of aromatic nitrogens is 2. The molecule has 0 aliphatic rings. The van der Waals surface area contributed by atoms with E-state index in [-0.39, 0.29) is 18.1 Å². The van der Waals surface area contributed by atoms with Gasteiger partial charge in [-0.2, -0.15) is 13.2 Å². The maximum absolute atomic E-state index is 12.9. The van der Waals surface area contributed by atoms with Gasteiger partial charge in [-0.1, -0.05) is 60.7 Å². The highest BCUT2D eigenvalue weighted by atomic mass is 35.5. The van der Waals surface area contributed by atoms with Crippen molar-refractivity contribution in [3.05, 3.63) is 84.4 Å². The first kappa shape index (κ1) is 21.8. The Morgan fingerprint density at radius 3 is 2.00 bits per heavy atom. The van der Waals surface area contributed by atoms with Crippen LogP contribution in [0.25, 0.3) is 22.5 Å². The molecule has 154 valence electrons. The third-order valence-corrected chi connectivity index (χ3v) is 5.31. The molecule has 0 amide bonds. The Balaban J connectivity index is 0.00000256. The second-order valence-corrected chi connectivity index (χ2v) is 7.38. The molecule has 3 N–H and O–H groups in total. The molecule has 0 fully saturated rings. The topological polar surface area (TPSA) is 54.7 Å². The number of rotatable bonds is 4. The van der Waals surface area contributed by atoms with Crippen LogP contribution in [0.4, 0.5) is 18.9 Å². The fourth-order valence-corrected chi connectivity index (χ4v) is 3.75. The minimum Gasteiger partial charge on any atom is -0.398 e. The first-order valence-electron chi connectivity index (χ1n) is 8.77. The van der Waals surface area contributed by atoms with Crippen molar-refractivity contribution >= 4 is 29.9 Å². The quantitative estimate of drug-likeness (QED) is 0.334. The van der Waals surface area contributed by atoms with Crippen molar-refractivity contribution in [3.8, 4) is 22.5 Å². The average Bonchev–Trinajstić information content (AvgIpc) is 3.14. The van der Waals surface area contributed by atoms with Crippen molar-refractivity contribution in [1.82, 2.24) is 9.97 Å². The highest BCUT2D eigenvalue weighted by molar-refractivity contribution is 7.99. The Morgan fingerprint density at radius 1 is 0.833 bits per heavy atom. The molecule has 0 unspecified atom stereocenters. The van der Waals surface area contributed by atoms with Crippen LogP contribution < -0.4 is 5.73 Å². The Kier molecular flexibility index (Phi) is 6.43. The van der Waals surface area contributed by atoms with Gasteiger partial charge in [0.05, 0.1) is 17.0 Å². The van der Waals surface area contributed by atoms with E-state index >= 15 is 0 Å². The van der Waals surface area contributed by atoms with E-state index in [9.17, 15) is 13.2 Å². The molecule has 1 heterocycles. The molecular weight excluding hydrogens is 431 g/mol. The predicted octanol–water partition coefficient (Wildman–Crippen LogP) is 6.92. The lowest BCUT2D eigenvalue weighted by atomic mass is 10.1. The van der Waals surface area contributed by atoms with Gasteiger partial charge < -0.3 is 10.7 Å². The van der Waals surface area contributed by atoms with Crippen molar-refractivity contribution in [1.29, 1.82) is 0 Å². The molecule has 0 bridgehead atoms. The number of hydrogen-bond donors (Lipinski definition) is 2. The maximum Gasteiger partial charge on any atom is 0.416 e. The Morgan fingerprint density at radius 2 is 1.43 bits per heavy atom. The van der Waals surface area contributed by atoms with Crippen LogP contribution in [0.5, 0.6) is 0 Å². The molecule has 0 saturated carbocycles. The van der Waals surface area contributed by atoms with Gasteiger partial charge in [0.2, 0.25) is 0 Å². The van der Waals surface area contributed by atoms with Crippen LogP contribution in [0.1, 0.15) is 5.56 Å². The van der Waals surface area contributed by atoms with Gasteiger partial charge in [0.25, 0.3) is 0 Å². The van der Waals surface area contributed by atoms with Gasteiger partial charge in [-0.05, 0) is 30.0 Å². The number of anilines is 1. The third kappa shape index (κ3) is 4.63. The second kappa shape index (κ2) is 8.85. The zero-order valence-corrected chi connectivity index (χ0v) is 17.1. The van der Waals surface area contributed by atoms with Gasteiger partial charge >= 0.3 is 6.18 Å². The van der Waals surface area contributed by atoms with Gasteiger partial charge in [-0.15, -0.1) is 12.4 Å². The summed E-state index contributed by atoms with van der Waals surface area (Å²) in [4.78, 5) is 8.49. The van der Waals surface area contributed by atoms with E-state index in [1.165, 1.54) is 17.8 Å². The number of imidazole rings is 1. The van der Waals surface area contributed by atoms with Crippen LogP contribution in [0.3, 0.4) is 0 Å². The number of nitrogens with one attached hydrogen (secondary N) is 1. The lowest BCUT2D eigenvalue weighted by Gasteiger charge is -2.09. The molecule has 0 radical (unpaired) electrons. The normalized spacial score (nSPS) is 11.2. The fraction of sp³-hybridized carbons (Fsp3) is 0.0455. The van der Waals surface area contributed by atoms with E-state index in [0.29, 0.717) is 10.1 Å². The standard InChI is InChI=1S/C22H16F3N3S.ClH/c23-22(24,25)16-11-12-18(17(26)13-16)29-21-27-19(14-7-3-1-4-8-14)20(28-21)15-9-5-2-6-10-15;/h1-13H,26H2,(H,27,28);1H. The van der Waals surface area contributed by atoms with Crippen molar-refractivity contribution in [2.75, 3.05) is 5.73 Å². The summed E-state index contributed by atoms with van der Waals surface area (Å²) in [6, 6.07) is 22.8. The number of benzene rings is 3. The van der Waals surface area contributed by atoms with E-state index in [2.05, 4.69) is 4.98 Å². The molecule has 0 aliphatic heterocycles. The van der Waals surface area contributed by atoms with Crippen LogP contribution in [-0.4, -0.2) is 9.97 Å². The summed E-state index contributed by atoms with van der Waals surface area (Å²) in [7, 11) is 0. The minimum atomic E-state index is -4.43. The minimum absolute atomic E-state index is 0.